The van der Waals surface area contributed by atoms with Crippen molar-refractivity contribution in [1.29, 1.82) is 0 Å². The lowest BCUT2D eigenvalue weighted by Crippen LogP contribution is -2.56. The maximum Gasteiger partial charge on any atom is 0.408 e. The highest BCUT2D eigenvalue weighted by Gasteiger charge is 2.38. The molecular formula is C30H43N3O6. The minimum absolute atomic E-state index is 0.0211. The van der Waals surface area contributed by atoms with Crippen LogP contribution in [0.1, 0.15) is 71.6 Å². The average molecular weight is 542 g/mol. The van der Waals surface area contributed by atoms with Crippen molar-refractivity contribution in [3.05, 3.63) is 65.7 Å². The predicted octanol–water partition coefficient (Wildman–Crippen LogP) is 4.29. The molecule has 0 heterocycles. The molecule has 2 aromatic carbocycles. The number of phenolic OH excluding ortho intramolecular Hbond substituents is 1. The second kappa shape index (κ2) is 14.5. The van der Waals surface area contributed by atoms with Gasteiger partial charge in [0.1, 0.15) is 23.4 Å². The molecule has 0 saturated heterocycles. The highest BCUT2D eigenvalue weighted by atomic mass is 16.6. The van der Waals surface area contributed by atoms with Gasteiger partial charge in [0.25, 0.3) is 0 Å². The standard InChI is InChI=1S/C30H43N3O6/c1-20(2)12-13-21(3)33(28(37)25(19-34)32-29(38)39-30(4,5)6)26(23-14-16-24(35)17-15-23)27(36)31-18-22-10-8-7-9-11-22/h7-11,14-17,20-21,25-26,34-35H,12-13,18-19H2,1-6H3,(H,31,36)(H,32,38). The molecule has 39 heavy (non-hydrogen) atoms. The summed E-state index contributed by atoms with van der Waals surface area (Å²) in [6, 6.07) is 12.7. The number of carbonyl (C=O) groups excluding carboxylic acids is 3. The van der Waals surface area contributed by atoms with Crippen molar-refractivity contribution in [2.24, 2.45) is 5.92 Å². The first kappa shape index (κ1) is 31.6. The van der Waals surface area contributed by atoms with Gasteiger partial charge in [0, 0.05) is 12.6 Å². The van der Waals surface area contributed by atoms with Gasteiger partial charge < -0.3 is 30.5 Å². The van der Waals surface area contributed by atoms with E-state index in [4.69, 9.17) is 4.74 Å². The molecule has 214 valence electrons. The molecule has 0 bridgehead atoms. The molecular weight excluding hydrogens is 498 g/mol. The van der Waals surface area contributed by atoms with E-state index in [1.54, 1.807) is 32.9 Å². The van der Waals surface area contributed by atoms with Gasteiger partial charge >= 0.3 is 6.09 Å². The minimum atomic E-state index is -1.33. The Kier molecular flexibility index (Phi) is 11.8. The molecule has 4 N–H and O–H groups in total. The van der Waals surface area contributed by atoms with Gasteiger partial charge in [-0.05, 0) is 69.7 Å². The first-order chi connectivity index (χ1) is 18.3. The third kappa shape index (κ3) is 10.2. The van der Waals surface area contributed by atoms with Crippen molar-refractivity contribution in [3.63, 3.8) is 0 Å². The van der Waals surface area contributed by atoms with E-state index in [-0.39, 0.29) is 12.3 Å². The summed E-state index contributed by atoms with van der Waals surface area (Å²) in [6.45, 7) is 10.6. The number of aliphatic hydroxyl groups is 1. The molecule has 0 aliphatic heterocycles. The molecule has 2 rings (SSSR count). The summed E-state index contributed by atoms with van der Waals surface area (Å²) in [4.78, 5) is 41.7. The third-order valence-corrected chi connectivity index (χ3v) is 6.11. The summed E-state index contributed by atoms with van der Waals surface area (Å²) in [7, 11) is 0. The number of hydrogen-bond acceptors (Lipinski definition) is 6. The lowest BCUT2D eigenvalue weighted by molar-refractivity contribution is -0.146. The van der Waals surface area contributed by atoms with Gasteiger partial charge in [0.2, 0.25) is 11.8 Å². The van der Waals surface area contributed by atoms with E-state index in [0.29, 0.717) is 17.9 Å². The first-order valence-corrected chi connectivity index (χ1v) is 13.4. The molecule has 9 nitrogen and oxygen atoms in total. The van der Waals surface area contributed by atoms with E-state index in [1.165, 1.54) is 17.0 Å². The van der Waals surface area contributed by atoms with Gasteiger partial charge in [-0.15, -0.1) is 0 Å². The van der Waals surface area contributed by atoms with Crippen LogP contribution in [0.15, 0.2) is 54.6 Å². The Hall–Kier alpha value is -3.59. The third-order valence-electron chi connectivity index (χ3n) is 6.11. The largest absolute Gasteiger partial charge is 0.508 e. The van der Waals surface area contributed by atoms with Gasteiger partial charge in [-0.1, -0.05) is 56.3 Å². The summed E-state index contributed by atoms with van der Waals surface area (Å²) < 4.78 is 5.29. The number of phenols is 1. The number of nitrogens with zero attached hydrogens (tertiary/aromatic N) is 1. The lowest BCUT2D eigenvalue weighted by atomic mass is 9.97. The molecule has 0 spiro atoms. The van der Waals surface area contributed by atoms with Gasteiger partial charge in [-0.25, -0.2) is 4.79 Å². The number of aliphatic hydroxyl groups excluding tert-OH is 1. The molecule has 0 aliphatic carbocycles. The molecule has 0 aliphatic rings. The number of amides is 3. The maximum absolute atomic E-state index is 14.0. The van der Waals surface area contributed by atoms with Crippen LogP contribution in [-0.2, 0) is 20.9 Å². The van der Waals surface area contributed by atoms with Crippen LogP contribution in [0.25, 0.3) is 0 Å². The number of benzene rings is 2. The second-order valence-electron chi connectivity index (χ2n) is 11.1. The Balaban J connectivity index is 2.48. The quantitative estimate of drug-likeness (QED) is 0.317. The molecule has 9 heteroatoms. The fourth-order valence-corrected chi connectivity index (χ4v) is 4.10. The van der Waals surface area contributed by atoms with E-state index >= 15 is 0 Å². The summed E-state index contributed by atoms with van der Waals surface area (Å²) >= 11 is 0. The van der Waals surface area contributed by atoms with Crippen LogP contribution in [0.2, 0.25) is 0 Å². The van der Waals surface area contributed by atoms with Crippen LogP contribution in [0.5, 0.6) is 5.75 Å². The van der Waals surface area contributed by atoms with E-state index in [2.05, 4.69) is 24.5 Å². The van der Waals surface area contributed by atoms with Gasteiger partial charge in [0.15, 0.2) is 0 Å². The number of hydrogen-bond donors (Lipinski definition) is 4. The average Bonchev–Trinajstić information content (AvgIpc) is 2.87. The second-order valence-corrected chi connectivity index (χ2v) is 11.1. The number of alkyl carbamates (subject to hydrolysis) is 1. The Morgan fingerprint density at radius 2 is 1.56 bits per heavy atom. The minimum Gasteiger partial charge on any atom is -0.508 e. The van der Waals surface area contributed by atoms with Gasteiger partial charge in [0.05, 0.1) is 6.61 Å². The molecule has 3 unspecified atom stereocenters. The zero-order valence-corrected chi connectivity index (χ0v) is 23.8. The van der Waals surface area contributed by atoms with E-state index in [0.717, 1.165) is 12.0 Å². The van der Waals surface area contributed by atoms with Crippen molar-refractivity contribution in [1.82, 2.24) is 15.5 Å². The van der Waals surface area contributed by atoms with Crippen LogP contribution >= 0.6 is 0 Å². The molecule has 2 aromatic rings. The molecule has 3 amide bonds. The highest BCUT2D eigenvalue weighted by molar-refractivity contribution is 5.92. The highest BCUT2D eigenvalue weighted by Crippen LogP contribution is 2.28. The van der Waals surface area contributed by atoms with E-state index < -0.39 is 48.2 Å². The van der Waals surface area contributed by atoms with E-state index in [1.807, 2.05) is 37.3 Å². The van der Waals surface area contributed by atoms with Crippen molar-refractivity contribution in [2.75, 3.05) is 6.61 Å². The van der Waals surface area contributed by atoms with Crippen molar-refractivity contribution < 1.29 is 29.3 Å². The lowest BCUT2D eigenvalue weighted by Gasteiger charge is -2.38. The number of aromatic hydroxyl groups is 1. The maximum atomic E-state index is 14.0. The van der Waals surface area contributed by atoms with Gasteiger partial charge in [-0.3, -0.25) is 9.59 Å². The summed E-state index contributed by atoms with van der Waals surface area (Å²) in [5, 5.41) is 25.4. The number of nitrogens with one attached hydrogen (secondary N) is 2. The number of carbonyl (C=O) groups is 3. The van der Waals surface area contributed by atoms with Crippen LogP contribution in [0, 0.1) is 5.92 Å². The monoisotopic (exact) mass is 541 g/mol. The Labute approximate surface area is 231 Å². The SMILES string of the molecule is CC(C)CCC(C)N(C(=O)C(CO)NC(=O)OC(C)(C)C)C(C(=O)NCc1ccccc1)c1ccc(O)cc1. The summed E-state index contributed by atoms with van der Waals surface area (Å²) in [5.41, 5.74) is 0.571. The van der Waals surface area contributed by atoms with Crippen LogP contribution in [0.3, 0.4) is 0 Å². The topological polar surface area (TPSA) is 128 Å². The summed E-state index contributed by atoms with van der Waals surface area (Å²) in [6.07, 6.45) is 0.538. The predicted molar refractivity (Wildman–Crippen MR) is 150 cm³/mol. The number of rotatable bonds is 12. The normalized spacial score (nSPS) is 13.7. The Morgan fingerprint density at radius 1 is 0.949 bits per heavy atom. The fourth-order valence-electron chi connectivity index (χ4n) is 4.10. The Bertz CT molecular complexity index is 1070. The zero-order chi connectivity index (χ0) is 29.2. The summed E-state index contributed by atoms with van der Waals surface area (Å²) in [5.74, 6) is -0.666. The van der Waals surface area contributed by atoms with Crippen molar-refractivity contribution in [2.45, 2.75) is 84.7 Å². The zero-order valence-electron chi connectivity index (χ0n) is 23.8. The molecule has 0 saturated carbocycles. The molecule has 0 fully saturated rings. The smallest absolute Gasteiger partial charge is 0.408 e. The Morgan fingerprint density at radius 3 is 2.10 bits per heavy atom. The molecule has 3 atom stereocenters. The van der Waals surface area contributed by atoms with Crippen molar-refractivity contribution in [3.8, 4) is 5.75 Å². The van der Waals surface area contributed by atoms with Crippen LogP contribution in [0.4, 0.5) is 4.79 Å². The number of ether oxygens (including phenoxy) is 1. The molecule has 0 radical (unpaired) electrons. The first-order valence-electron chi connectivity index (χ1n) is 13.4. The van der Waals surface area contributed by atoms with Crippen molar-refractivity contribution >= 4 is 17.9 Å². The van der Waals surface area contributed by atoms with Crippen LogP contribution < -0.4 is 10.6 Å². The molecule has 0 aromatic heterocycles. The van der Waals surface area contributed by atoms with E-state index in [9.17, 15) is 24.6 Å². The van der Waals surface area contributed by atoms with Crippen LogP contribution in [-0.4, -0.2) is 57.3 Å². The van der Waals surface area contributed by atoms with Gasteiger partial charge in [-0.2, -0.15) is 0 Å². The fraction of sp³-hybridized carbons (Fsp3) is 0.500.